The monoisotopic (exact) mass is 449 g/mol. The zero-order valence-corrected chi connectivity index (χ0v) is 18.2. The molecule has 1 N–H and O–H groups in total. The molecule has 168 valence electrons. The van der Waals surface area contributed by atoms with Gasteiger partial charge in [0.05, 0.1) is 26.2 Å². The number of amides is 1. The number of para-hydroxylation sites is 1. The van der Waals surface area contributed by atoms with E-state index in [1.54, 1.807) is 26.4 Å². The number of carbonyl (C=O) groups excluding carboxylic acids is 1. The van der Waals surface area contributed by atoms with Crippen LogP contribution in [-0.2, 0) is 4.79 Å². The summed E-state index contributed by atoms with van der Waals surface area (Å²) in [6, 6.07) is 14.2. The van der Waals surface area contributed by atoms with E-state index >= 15 is 0 Å². The molecule has 0 aliphatic heterocycles. The van der Waals surface area contributed by atoms with E-state index in [4.69, 9.17) is 13.9 Å². The van der Waals surface area contributed by atoms with Gasteiger partial charge in [-0.1, -0.05) is 18.2 Å². The standard InChI is InChI=1S/C26H21F2NO4/c1-15(10-26(30)29-22-9-8-16(27)11-21(22)28)18-12-19-20(14-33-25(19)13-24(18)32-3)17-6-4-5-7-23(17)31-2/h4-14H,1-3H3,(H,29,30)/b15-10+. The molecule has 0 unspecified atom stereocenters. The fraction of sp³-hybridized carbons (Fsp3) is 0.115. The zero-order valence-electron chi connectivity index (χ0n) is 18.2. The third kappa shape index (κ3) is 4.43. The minimum Gasteiger partial charge on any atom is -0.496 e. The highest BCUT2D eigenvalue weighted by molar-refractivity contribution is 6.05. The maximum Gasteiger partial charge on any atom is 0.248 e. The Kier molecular flexibility index (Phi) is 6.13. The molecule has 0 saturated heterocycles. The summed E-state index contributed by atoms with van der Waals surface area (Å²) in [4.78, 5) is 12.5. The molecule has 33 heavy (non-hydrogen) atoms. The van der Waals surface area contributed by atoms with Crippen molar-refractivity contribution in [2.24, 2.45) is 0 Å². The largest absolute Gasteiger partial charge is 0.496 e. The number of furan rings is 1. The Morgan fingerprint density at radius 1 is 0.970 bits per heavy atom. The van der Waals surface area contributed by atoms with Crippen LogP contribution in [0.5, 0.6) is 11.5 Å². The average Bonchev–Trinajstić information content (AvgIpc) is 3.22. The lowest BCUT2D eigenvalue weighted by Crippen LogP contribution is -2.10. The molecular weight excluding hydrogens is 428 g/mol. The highest BCUT2D eigenvalue weighted by atomic mass is 19.1. The van der Waals surface area contributed by atoms with E-state index < -0.39 is 17.5 Å². The molecule has 0 aliphatic carbocycles. The van der Waals surface area contributed by atoms with E-state index in [1.165, 1.54) is 19.3 Å². The van der Waals surface area contributed by atoms with E-state index in [2.05, 4.69) is 5.32 Å². The van der Waals surface area contributed by atoms with E-state index in [1.807, 2.05) is 30.3 Å². The molecule has 3 aromatic carbocycles. The maximum atomic E-state index is 13.9. The number of allylic oxidation sites excluding steroid dienone is 1. The number of methoxy groups -OCH3 is 2. The number of rotatable bonds is 6. The molecular formula is C26H21F2NO4. The van der Waals surface area contributed by atoms with Gasteiger partial charge in [0.15, 0.2) is 0 Å². The summed E-state index contributed by atoms with van der Waals surface area (Å²) in [7, 11) is 3.13. The Morgan fingerprint density at radius 2 is 1.73 bits per heavy atom. The summed E-state index contributed by atoms with van der Waals surface area (Å²) in [5.41, 5.74) is 3.44. The Balaban J connectivity index is 1.73. The molecule has 4 rings (SSSR count). The number of halogens is 2. The summed E-state index contributed by atoms with van der Waals surface area (Å²) >= 11 is 0. The number of hydrogen-bond donors (Lipinski definition) is 1. The maximum absolute atomic E-state index is 13.9. The SMILES string of the molecule is COc1cc2occ(-c3ccccc3OC)c2cc1/C(C)=C/C(=O)Nc1ccc(F)cc1F. The third-order valence-electron chi connectivity index (χ3n) is 5.25. The number of ether oxygens (including phenoxy) is 2. The van der Waals surface area contributed by atoms with Gasteiger partial charge in [-0.3, -0.25) is 4.79 Å². The number of fused-ring (bicyclic) bond motifs is 1. The van der Waals surface area contributed by atoms with E-state index in [9.17, 15) is 13.6 Å². The second-order valence-corrected chi connectivity index (χ2v) is 7.34. The van der Waals surface area contributed by atoms with Crippen LogP contribution >= 0.6 is 0 Å². The predicted octanol–water partition coefficient (Wildman–Crippen LogP) is 6.44. The summed E-state index contributed by atoms with van der Waals surface area (Å²) in [5.74, 6) is -0.921. The number of anilines is 1. The van der Waals surface area contributed by atoms with Gasteiger partial charge in [-0.15, -0.1) is 0 Å². The lowest BCUT2D eigenvalue weighted by Gasteiger charge is -2.11. The smallest absolute Gasteiger partial charge is 0.248 e. The first-order chi connectivity index (χ1) is 15.9. The van der Waals surface area contributed by atoms with Gasteiger partial charge in [0.2, 0.25) is 5.91 Å². The third-order valence-corrected chi connectivity index (χ3v) is 5.25. The first kappa shape index (κ1) is 22.1. The molecule has 5 nitrogen and oxygen atoms in total. The topological polar surface area (TPSA) is 60.7 Å². The van der Waals surface area contributed by atoms with Crippen LogP contribution in [0.25, 0.3) is 27.7 Å². The van der Waals surface area contributed by atoms with Gasteiger partial charge in [-0.25, -0.2) is 8.78 Å². The van der Waals surface area contributed by atoms with Gasteiger partial charge in [-0.2, -0.15) is 0 Å². The summed E-state index contributed by atoms with van der Waals surface area (Å²) < 4.78 is 43.7. The molecule has 0 radical (unpaired) electrons. The van der Waals surface area contributed by atoms with Crippen molar-refractivity contribution in [3.8, 4) is 22.6 Å². The number of benzene rings is 3. The Hall–Kier alpha value is -4.13. The van der Waals surface area contributed by atoms with Crippen LogP contribution < -0.4 is 14.8 Å². The minimum atomic E-state index is -0.853. The summed E-state index contributed by atoms with van der Waals surface area (Å²) in [6.45, 7) is 1.74. The van der Waals surface area contributed by atoms with E-state index in [0.29, 0.717) is 34.3 Å². The second kappa shape index (κ2) is 9.16. The van der Waals surface area contributed by atoms with Crippen LogP contribution in [0.2, 0.25) is 0 Å². The average molecular weight is 449 g/mol. The molecule has 0 fully saturated rings. The lowest BCUT2D eigenvalue weighted by atomic mass is 9.98. The molecule has 0 saturated carbocycles. The number of hydrogen-bond acceptors (Lipinski definition) is 4. The number of carbonyl (C=O) groups is 1. The molecule has 7 heteroatoms. The normalized spacial score (nSPS) is 11.5. The van der Waals surface area contributed by atoms with Crippen LogP contribution in [0.3, 0.4) is 0 Å². The predicted molar refractivity (Wildman–Crippen MR) is 123 cm³/mol. The zero-order chi connectivity index (χ0) is 23.5. The highest BCUT2D eigenvalue weighted by Gasteiger charge is 2.17. The van der Waals surface area contributed by atoms with Crippen LogP contribution in [0.15, 0.2) is 71.4 Å². The lowest BCUT2D eigenvalue weighted by molar-refractivity contribution is -0.111. The molecule has 0 aliphatic rings. The van der Waals surface area contributed by atoms with Crippen LogP contribution in [-0.4, -0.2) is 20.1 Å². The fourth-order valence-corrected chi connectivity index (χ4v) is 3.64. The quantitative estimate of drug-likeness (QED) is 0.344. The highest BCUT2D eigenvalue weighted by Crippen LogP contribution is 2.40. The van der Waals surface area contributed by atoms with E-state index in [-0.39, 0.29) is 5.69 Å². The Morgan fingerprint density at radius 3 is 2.45 bits per heavy atom. The van der Waals surface area contributed by atoms with Crippen molar-refractivity contribution >= 4 is 28.1 Å². The van der Waals surface area contributed by atoms with E-state index in [0.717, 1.165) is 22.6 Å². The van der Waals surface area contributed by atoms with Gasteiger partial charge in [0, 0.05) is 40.3 Å². The van der Waals surface area contributed by atoms with Gasteiger partial charge in [-0.05, 0) is 36.8 Å². The second-order valence-electron chi connectivity index (χ2n) is 7.34. The minimum absolute atomic E-state index is 0.110. The first-order valence-corrected chi connectivity index (χ1v) is 10.1. The Bertz CT molecular complexity index is 1370. The molecule has 0 atom stereocenters. The van der Waals surface area contributed by atoms with Gasteiger partial charge in [0.25, 0.3) is 0 Å². The van der Waals surface area contributed by atoms with Gasteiger partial charge >= 0.3 is 0 Å². The molecule has 0 spiro atoms. The van der Waals surface area contributed by atoms with Gasteiger partial charge < -0.3 is 19.2 Å². The van der Waals surface area contributed by atoms with Crippen molar-refractivity contribution in [1.29, 1.82) is 0 Å². The summed E-state index contributed by atoms with van der Waals surface area (Å²) in [6.07, 6.45) is 2.98. The molecule has 1 aromatic heterocycles. The first-order valence-electron chi connectivity index (χ1n) is 10.1. The van der Waals surface area contributed by atoms with Crippen molar-refractivity contribution in [2.75, 3.05) is 19.5 Å². The molecule has 4 aromatic rings. The number of nitrogens with one attached hydrogen (secondary N) is 1. The van der Waals surface area contributed by atoms with Gasteiger partial charge in [0.1, 0.15) is 28.7 Å². The molecule has 1 amide bonds. The van der Waals surface area contributed by atoms with Crippen molar-refractivity contribution in [1.82, 2.24) is 0 Å². The van der Waals surface area contributed by atoms with Crippen molar-refractivity contribution in [2.45, 2.75) is 6.92 Å². The molecule has 1 heterocycles. The Labute approximate surface area is 189 Å². The van der Waals surface area contributed by atoms with Crippen molar-refractivity contribution < 1.29 is 27.5 Å². The van der Waals surface area contributed by atoms with Crippen LogP contribution in [0.4, 0.5) is 14.5 Å². The van der Waals surface area contributed by atoms with Crippen LogP contribution in [0.1, 0.15) is 12.5 Å². The summed E-state index contributed by atoms with van der Waals surface area (Å²) in [5, 5.41) is 3.24. The van der Waals surface area contributed by atoms with Crippen molar-refractivity contribution in [3.63, 3.8) is 0 Å². The fourth-order valence-electron chi connectivity index (χ4n) is 3.64. The molecule has 0 bridgehead atoms. The van der Waals surface area contributed by atoms with Crippen LogP contribution in [0, 0.1) is 11.6 Å². The van der Waals surface area contributed by atoms with Crippen molar-refractivity contribution in [3.05, 3.63) is 84.1 Å².